The van der Waals surface area contributed by atoms with Crippen LogP contribution in [0.2, 0.25) is 0 Å². The summed E-state index contributed by atoms with van der Waals surface area (Å²) in [5.74, 6) is 0. The first-order valence-electron chi connectivity index (χ1n) is 1.26. The van der Waals surface area contributed by atoms with Gasteiger partial charge in [-0.05, 0) is 0 Å². The van der Waals surface area contributed by atoms with Gasteiger partial charge < -0.3 is 0 Å². The van der Waals surface area contributed by atoms with Gasteiger partial charge in [-0.15, -0.1) is 0 Å². The molecule has 6 heteroatoms. The van der Waals surface area contributed by atoms with Crippen LogP contribution < -0.4 is 0 Å². The zero-order chi connectivity index (χ0) is 4.12. The molecule has 0 nitrogen and oxygen atoms in total. The summed E-state index contributed by atoms with van der Waals surface area (Å²) in [5.41, 5.74) is 0. The van der Waals surface area contributed by atoms with Crippen LogP contribution in [0, 0.1) is 0 Å². The van der Waals surface area contributed by atoms with Gasteiger partial charge in [0.25, 0.3) is 0 Å². The molecule has 0 aliphatic carbocycles. The summed E-state index contributed by atoms with van der Waals surface area (Å²) in [5, 5.41) is 0. The fourth-order valence-corrected chi connectivity index (χ4v) is 89.3. The van der Waals surface area contributed by atoms with Crippen molar-refractivity contribution in [2.45, 2.75) is 0 Å². The average Bonchev–Trinajstić information content (AvgIpc) is 1.41. The monoisotopic (exact) mass is 288 g/mol. The van der Waals surface area contributed by atoms with E-state index in [1.807, 2.05) is 9.58 Å². The summed E-state index contributed by atoms with van der Waals surface area (Å²) in [7, 11) is 0. The third-order valence-corrected chi connectivity index (χ3v) is 48.6. The molecule has 0 aliphatic heterocycles. The predicted molar refractivity (Wildman–Crippen MR) is 24.9 cm³/mol. The van der Waals surface area contributed by atoms with Crippen molar-refractivity contribution in [2.24, 2.45) is 0 Å². The van der Waals surface area contributed by atoms with E-state index in [1.165, 1.54) is 0 Å². The molecule has 0 bridgehead atoms. The molecule has 1 unspecified atom stereocenters. The van der Waals surface area contributed by atoms with Crippen molar-refractivity contribution in [1.29, 1.82) is 0 Å². The maximum atomic E-state index is 1.86. The van der Waals surface area contributed by atoms with Crippen LogP contribution in [0.5, 0.6) is 0 Å². The van der Waals surface area contributed by atoms with Crippen molar-refractivity contribution in [3.05, 3.63) is 0 Å². The Labute approximate surface area is 69.4 Å². The SMILES string of the molecule is P.[Zn]=[P][Zn][P]=[Zn]. The maximum absolute atomic E-state index is 1.86. The molecule has 0 spiro atoms. The molecule has 0 aromatic rings. The second-order valence-electron chi connectivity index (χ2n) is 0.589. The van der Waals surface area contributed by atoms with E-state index in [1.54, 1.807) is 34.7 Å². The Hall–Kier alpha value is 2.90. The summed E-state index contributed by atoms with van der Waals surface area (Å²) in [6, 6.07) is 0. The van der Waals surface area contributed by atoms with Gasteiger partial charge in [0.1, 0.15) is 0 Å². The Morgan fingerprint density at radius 1 is 1.17 bits per heavy atom. The molecule has 0 aromatic heterocycles. The standard InChI is InChI=1S/H3P.2P.3Zn/h1H3;;;;;. The fourth-order valence-electron chi connectivity index (χ4n) is 0.0707. The molecule has 0 N–H and O–H groups in total. The van der Waals surface area contributed by atoms with E-state index in [0.717, 1.165) is 0 Å². The predicted octanol–water partition coefficient (Wildman–Crippen LogP) is 1.77. The van der Waals surface area contributed by atoms with Gasteiger partial charge in [0, 0.05) is 0 Å². The second kappa shape index (κ2) is 10.8. The third-order valence-electron chi connectivity index (χ3n) is 0.200. The molecule has 0 saturated heterocycles. The molecule has 0 heterocycles. The Kier molecular flexibility index (Phi) is 21.0. The third kappa shape index (κ3) is 10.0. The zero-order valence-electron chi connectivity index (χ0n) is 3.72. The quantitative estimate of drug-likeness (QED) is 0.537. The molecule has 0 aliphatic rings. The van der Waals surface area contributed by atoms with Crippen LogP contribution in [0.3, 0.4) is 0 Å². The van der Waals surface area contributed by atoms with Gasteiger partial charge in [-0.2, -0.15) is 9.90 Å². The Morgan fingerprint density at radius 3 is 1.50 bits per heavy atom. The molecular formula is H3P3Zn3. The van der Waals surface area contributed by atoms with Gasteiger partial charge in [-0.3, -0.25) is 0 Å². The summed E-state index contributed by atoms with van der Waals surface area (Å²) in [6.45, 7) is 0. The fraction of sp³-hybridized carbons (Fsp3) is 0. The van der Waals surface area contributed by atoms with Gasteiger partial charge in [0.15, 0.2) is 0 Å². The molecule has 6 heavy (non-hydrogen) atoms. The van der Waals surface area contributed by atoms with Gasteiger partial charge in [0.05, 0.1) is 0 Å². The summed E-state index contributed by atoms with van der Waals surface area (Å²) in [6.07, 6.45) is 0. The van der Waals surface area contributed by atoms with Crippen LogP contribution in [0.1, 0.15) is 0 Å². The first-order chi connectivity index (χ1) is 2.41. The van der Waals surface area contributed by atoms with Gasteiger partial charge >= 0.3 is 60.4 Å². The van der Waals surface area contributed by atoms with Crippen molar-refractivity contribution in [1.82, 2.24) is 0 Å². The van der Waals surface area contributed by atoms with E-state index in [-0.39, 0.29) is 26.1 Å². The van der Waals surface area contributed by atoms with Crippen LogP contribution in [0.25, 0.3) is 0 Å². The molecule has 0 radical (unpaired) electrons. The van der Waals surface area contributed by atoms with Crippen molar-refractivity contribution in [3.63, 3.8) is 0 Å². The first-order valence-corrected chi connectivity index (χ1v) is 19.7. The van der Waals surface area contributed by atoms with Crippen LogP contribution in [0.15, 0.2) is 0 Å². The molecule has 0 amide bonds. The minimum atomic E-state index is 0. The zero-order valence-corrected chi connectivity index (χ0v) is 15.8. The van der Waals surface area contributed by atoms with E-state index in [4.69, 9.17) is 0 Å². The van der Waals surface area contributed by atoms with Crippen LogP contribution in [-0.2, 0) is 50.8 Å². The summed E-state index contributed by atoms with van der Waals surface area (Å²) >= 11 is 3.25. The van der Waals surface area contributed by atoms with Crippen LogP contribution in [0.4, 0.5) is 0 Å². The average molecular weight is 292 g/mol. The van der Waals surface area contributed by atoms with Crippen LogP contribution >= 0.6 is 19.5 Å². The van der Waals surface area contributed by atoms with E-state index >= 15 is 0 Å². The minimum absolute atomic E-state index is 0. The Balaban J connectivity index is 0. The molecule has 0 saturated carbocycles. The first kappa shape index (κ1) is 11.7. The van der Waals surface area contributed by atoms with Crippen molar-refractivity contribution in [3.8, 4) is 0 Å². The molecule has 0 rings (SSSR count). The molecule has 0 aromatic carbocycles. The Morgan fingerprint density at radius 2 is 1.50 bits per heavy atom. The van der Waals surface area contributed by atoms with Gasteiger partial charge in [-0.1, -0.05) is 0 Å². The van der Waals surface area contributed by atoms with Crippen molar-refractivity contribution < 1.29 is 50.8 Å². The summed E-state index contributed by atoms with van der Waals surface area (Å²) < 4.78 is 0. The van der Waals surface area contributed by atoms with E-state index in [9.17, 15) is 0 Å². The van der Waals surface area contributed by atoms with E-state index in [2.05, 4.69) is 0 Å². The number of hydrogen-bond donors (Lipinski definition) is 0. The van der Waals surface area contributed by atoms with E-state index in [0.29, 0.717) is 0 Å². The Bertz CT molecular complexity index is 35.3. The van der Waals surface area contributed by atoms with E-state index < -0.39 is 0 Å². The van der Waals surface area contributed by atoms with Crippen molar-refractivity contribution in [2.75, 3.05) is 0 Å². The normalized spacial score (nSPS) is 7.33. The second-order valence-corrected chi connectivity index (χ2v) is 42.8. The van der Waals surface area contributed by atoms with Gasteiger partial charge in [0.2, 0.25) is 0 Å². The number of rotatable bonds is 2. The molecule has 1 atom stereocenters. The van der Waals surface area contributed by atoms with Crippen LogP contribution in [-0.4, -0.2) is 0 Å². The van der Waals surface area contributed by atoms with Crippen molar-refractivity contribution >= 4 is 19.5 Å². The number of hydrogen-bond acceptors (Lipinski definition) is 0. The molecule has 0 fully saturated rings. The molecular weight excluding hydrogens is 289 g/mol. The summed E-state index contributed by atoms with van der Waals surface area (Å²) in [4.78, 5) is 3.72. The topological polar surface area (TPSA) is 0 Å². The van der Waals surface area contributed by atoms with Gasteiger partial charge in [-0.25, -0.2) is 0 Å². The molecule has 24 valence electrons.